The number of halogens is 4. The lowest BCUT2D eigenvalue weighted by Crippen LogP contribution is -2.17. The number of primary sulfonamides is 1. The van der Waals surface area contributed by atoms with Crippen molar-refractivity contribution in [1.29, 1.82) is 0 Å². The lowest BCUT2D eigenvalue weighted by Gasteiger charge is -2.08. The van der Waals surface area contributed by atoms with E-state index in [1.807, 2.05) is 0 Å². The average molecular weight is 369 g/mol. The molecule has 1 rings (SSSR count). The van der Waals surface area contributed by atoms with Crippen LogP contribution in [-0.2, 0) is 10.0 Å². The number of aromatic nitrogens is 1. The number of pyridine rings is 1. The molecular weight excluding hydrogens is 364 g/mol. The molecule has 0 bridgehead atoms. The van der Waals surface area contributed by atoms with E-state index in [-0.39, 0.29) is 8.85 Å². The van der Waals surface area contributed by atoms with E-state index in [9.17, 15) is 17.2 Å². The van der Waals surface area contributed by atoms with Crippen LogP contribution in [0.4, 0.5) is 8.78 Å². The minimum absolute atomic E-state index is 0.169. The summed E-state index contributed by atoms with van der Waals surface area (Å²) >= 11 is 6.91. The molecule has 2 N–H and O–H groups in total. The highest BCUT2D eigenvalue weighted by atomic mass is 127. The molecule has 0 aliphatic carbocycles. The van der Waals surface area contributed by atoms with Crippen LogP contribution < -0.4 is 5.14 Å². The molecule has 0 radical (unpaired) electrons. The fourth-order valence-electron chi connectivity index (χ4n) is 0.934. The summed E-state index contributed by atoms with van der Waals surface area (Å²) in [6, 6.07) is 0.786. The lowest BCUT2D eigenvalue weighted by molar-refractivity contribution is 0.147. The molecule has 0 atom stereocenters. The van der Waals surface area contributed by atoms with Gasteiger partial charge in [-0.15, -0.1) is 0 Å². The number of rotatable bonds is 2. The van der Waals surface area contributed by atoms with Gasteiger partial charge >= 0.3 is 0 Å². The Labute approximate surface area is 103 Å². The van der Waals surface area contributed by atoms with Crippen LogP contribution in [0.1, 0.15) is 12.0 Å². The molecule has 1 aromatic rings. The summed E-state index contributed by atoms with van der Waals surface area (Å²) < 4.78 is 46.9. The SMILES string of the molecule is NS(=O)(=O)c1c(C(F)F)cc(Cl)nc1I. The maximum Gasteiger partial charge on any atom is 0.265 e. The summed E-state index contributed by atoms with van der Waals surface area (Å²) in [5.74, 6) is 0. The fourth-order valence-corrected chi connectivity index (χ4v) is 3.53. The van der Waals surface area contributed by atoms with Crippen LogP contribution >= 0.6 is 34.2 Å². The van der Waals surface area contributed by atoms with Gasteiger partial charge in [0.1, 0.15) is 13.7 Å². The van der Waals surface area contributed by atoms with Crippen molar-refractivity contribution >= 4 is 44.2 Å². The first kappa shape index (κ1) is 13.0. The Hall–Kier alpha value is -0.0600. The second-order valence-corrected chi connectivity index (χ2v) is 5.41. The molecule has 0 saturated heterocycles. The van der Waals surface area contributed by atoms with Crippen LogP contribution in [-0.4, -0.2) is 13.4 Å². The Morgan fingerprint density at radius 2 is 2.07 bits per heavy atom. The van der Waals surface area contributed by atoms with Gasteiger partial charge in [0.15, 0.2) is 0 Å². The van der Waals surface area contributed by atoms with Crippen molar-refractivity contribution in [2.75, 3.05) is 0 Å². The molecule has 0 saturated carbocycles. The van der Waals surface area contributed by atoms with Crippen molar-refractivity contribution in [3.63, 3.8) is 0 Å². The van der Waals surface area contributed by atoms with Gasteiger partial charge < -0.3 is 0 Å². The molecular formula is C6H4ClF2IN2O2S. The molecule has 0 fully saturated rings. The van der Waals surface area contributed by atoms with E-state index in [0.717, 1.165) is 6.07 Å². The van der Waals surface area contributed by atoms with Gasteiger partial charge in [-0.25, -0.2) is 27.3 Å². The normalized spacial score (nSPS) is 12.1. The Bertz CT molecular complexity index is 494. The minimum Gasteiger partial charge on any atom is -0.229 e. The van der Waals surface area contributed by atoms with E-state index in [0.29, 0.717) is 0 Å². The third-order valence-electron chi connectivity index (χ3n) is 1.45. The van der Waals surface area contributed by atoms with E-state index >= 15 is 0 Å². The maximum absolute atomic E-state index is 12.5. The van der Waals surface area contributed by atoms with Gasteiger partial charge in [0.2, 0.25) is 10.0 Å². The highest BCUT2D eigenvalue weighted by molar-refractivity contribution is 14.1. The van der Waals surface area contributed by atoms with E-state index in [1.165, 1.54) is 22.6 Å². The molecule has 0 unspecified atom stereocenters. The summed E-state index contributed by atoms with van der Waals surface area (Å²) in [7, 11) is -4.23. The van der Waals surface area contributed by atoms with E-state index in [4.69, 9.17) is 16.7 Å². The molecule has 0 aliphatic rings. The van der Waals surface area contributed by atoms with Gasteiger partial charge in [-0.3, -0.25) is 0 Å². The van der Waals surface area contributed by atoms with Crippen molar-refractivity contribution in [2.45, 2.75) is 11.3 Å². The molecule has 84 valence electrons. The third kappa shape index (κ3) is 2.95. The molecule has 15 heavy (non-hydrogen) atoms. The lowest BCUT2D eigenvalue weighted by atomic mass is 10.3. The third-order valence-corrected chi connectivity index (χ3v) is 3.79. The smallest absolute Gasteiger partial charge is 0.229 e. The van der Waals surface area contributed by atoms with Crippen molar-refractivity contribution in [3.8, 4) is 0 Å². The molecule has 9 heteroatoms. The van der Waals surface area contributed by atoms with E-state index in [1.54, 1.807) is 0 Å². The quantitative estimate of drug-likeness (QED) is 0.640. The van der Waals surface area contributed by atoms with Crippen molar-refractivity contribution in [2.24, 2.45) is 5.14 Å². The predicted octanol–water partition coefficient (Wildman–Crippen LogP) is 1.92. The Morgan fingerprint density at radius 3 is 2.47 bits per heavy atom. The second kappa shape index (κ2) is 4.44. The van der Waals surface area contributed by atoms with Crippen LogP contribution in [0.3, 0.4) is 0 Å². The largest absolute Gasteiger partial charge is 0.265 e. The topological polar surface area (TPSA) is 73.1 Å². The summed E-state index contributed by atoms with van der Waals surface area (Å²) in [6.45, 7) is 0. The number of nitrogens with zero attached hydrogens (tertiary/aromatic N) is 1. The van der Waals surface area contributed by atoms with Crippen LogP contribution in [0.15, 0.2) is 11.0 Å². The summed E-state index contributed by atoms with van der Waals surface area (Å²) in [5.41, 5.74) is -0.734. The van der Waals surface area contributed by atoms with Crippen LogP contribution in [0.5, 0.6) is 0 Å². The molecule has 4 nitrogen and oxygen atoms in total. The standard InChI is InChI=1S/C6H4ClF2IN2O2S/c7-3-1-2(5(8)9)4(6(10)12-3)15(11,13)14/h1,5H,(H2,11,13,14). The molecule has 0 aromatic carbocycles. The van der Waals surface area contributed by atoms with Crippen molar-refractivity contribution in [3.05, 3.63) is 20.5 Å². The Morgan fingerprint density at radius 1 is 1.53 bits per heavy atom. The molecule has 0 spiro atoms. The zero-order valence-corrected chi connectivity index (χ0v) is 10.6. The second-order valence-electron chi connectivity index (χ2n) is 2.50. The zero-order valence-electron chi connectivity index (χ0n) is 6.92. The van der Waals surface area contributed by atoms with Gasteiger partial charge in [0.05, 0.1) is 0 Å². The van der Waals surface area contributed by atoms with Crippen LogP contribution in [0, 0.1) is 3.70 Å². The molecule has 1 heterocycles. The van der Waals surface area contributed by atoms with Gasteiger partial charge in [0.25, 0.3) is 6.43 Å². The number of nitrogens with two attached hydrogens (primary N) is 1. The molecule has 1 aromatic heterocycles. The predicted molar refractivity (Wildman–Crippen MR) is 58.3 cm³/mol. The Kier molecular flexibility index (Phi) is 3.85. The van der Waals surface area contributed by atoms with Gasteiger partial charge in [-0.05, 0) is 28.7 Å². The zero-order chi connectivity index (χ0) is 11.8. The van der Waals surface area contributed by atoms with Gasteiger partial charge in [0, 0.05) is 5.56 Å². The van der Waals surface area contributed by atoms with E-state index in [2.05, 4.69) is 4.98 Å². The highest BCUT2D eigenvalue weighted by Gasteiger charge is 2.25. The summed E-state index contributed by atoms with van der Waals surface area (Å²) in [4.78, 5) is 2.86. The van der Waals surface area contributed by atoms with Crippen molar-refractivity contribution in [1.82, 2.24) is 4.98 Å². The van der Waals surface area contributed by atoms with Crippen LogP contribution in [0.2, 0.25) is 5.15 Å². The maximum atomic E-state index is 12.5. The minimum atomic E-state index is -4.23. The Balaban J connectivity index is 3.62. The number of sulfonamides is 1. The van der Waals surface area contributed by atoms with Crippen LogP contribution in [0.25, 0.3) is 0 Å². The summed E-state index contributed by atoms with van der Waals surface area (Å²) in [5, 5.41) is 4.59. The first-order valence-corrected chi connectivity index (χ1v) is 6.40. The van der Waals surface area contributed by atoms with Gasteiger partial charge in [-0.2, -0.15) is 0 Å². The van der Waals surface area contributed by atoms with Crippen molar-refractivity contribution < 1.29 is 17.2 Å². The average Bonchev–Trinajstić information content (AvgIpc) is 1.99. The van der Waals surface area contributed by atoms with Gasteiger partial charge in [-0.1, -0.05) is 11.6 Å². The first-order valence-electron chi connectivity index (χ1n) is 3.40. The fraction of sp³-hybridized carbons (Fsp3) is 0.167. The molecule has 0 aliphatic heterocycles. The number of alkyl halides is 2. The van der Waals surface area contributed by atoms with E-state index < -0.39 is 26.9 Å². The molecule has 0 amide bonds. The number of hydrogen-bond acceptors (Lipinski definition) is 3. The number of hydrogen-bond donors (Lipinski definition) is 1. The summed E-state index contributed by atoms with van der Waals surface area (Å²) in [6.07, 6.45) is -2.98. The monoisotopic (exact) mass is 368 g/mol. The highest BCUT2D eigenvalue weighted by Crippen LogP contribution is 2.30. The first-order chi connectivity index (χ1) is 6.73.